The maximum atomic E-state index is 12.3. The summed E-state index contributed by atoms with van der Waals surface area (Å²) in [7, 11) is -2.18. The van der Waals surface area contributed by atoms with E-state index >= 15 is 0 Å². The van der Waals surface area contributed by atoms with Gasteiger partial charge < -0.3 is 10.5 Å². The van der Waals surface area contributed by atoms with Gasteiger partial charge in [-0.25, -0.2) is 13.1 Å². The molecule has 0 aliphatic rings. The Hall–Kier alpha value is -0.820. The molecular weight excluding hydrogens is 300 g/mol. The van der Waals surface area contributed by atoms with Crippen molar-refractivity contribution >= 4 is 22.4 Å². The van der Waals surface area contributed by atoms with Gasteiger partial charge in [-0.2, -0.15) is 0 Å². The molecule has 5 nitrogen and oxygen atoms in total. The molecule has 20 heavy (non-hydrogen) atoms. The molecule has 0 spiro atoms. The van der Waals surface area contributed by atoms with Crippen LogP contribution in [0.3, 0.4) is 0 Å². The van der Waals surface area contributed by atoms with Crippen molar-refractivity contribution in [2.45, 2.75) is 38.1 Å². The summed E-state index contributed by atoms with van der Waals surface area (Å²) >= 11 is 0. The van der Waals surface area contributed by atoms with E-state index in [1.54, 1.807) is 26.8 Å². The number of rotatable bonds is 5. The van der Waals surface area contributed by atoms with Crippen molar-refractivity contribution in [3.63, 3.8) is 0 Å². The van der Waals surface area contributed by atoms with Gasteiger partial charge in [0.05, 0.1) is 7.11 Å². The average molecular weight is 323 g/mol. The number of hydrogen-bond acceptors (Lipinski definition) is 4. The Bertz CT molecular complexity index is 566. The highest BCUT2D eigenvalue weighted by Crippen LogP contribution is 2.28. The first kappa shape index (κ1) is 19.2. The lowest BCUT2D eigenvalue weighted by Gasteiger charge is -2.20. The maximum absolute atomic E-state index is 12.3. The molecule has 0 heterocycles. The molecule has 0 aromatic heterocycles. The summed E-state index contributed by atoms with van der Waals surface area (Å²) in [5.41, 5.74) is 6.79. The Kier molecular flexibility index (Phi) is 6.48. The lowest BCUT2D eigenvalue weighted by atomic mass is 10.1. The van der Waals surface area contributed by atoms with Gasteiger partial charge in [-0.05, 0) is 44.9 Å². The standard InChI is InChI=1S/C13H22N2O3S.ClH/c1-9-6-10(2)12(11(7-9)18-5)19(16,17)15-8-13(3,4)14;/h6-7,15H,8,14H2,1-5H3;1H. The molecule has 0 unspecified atom stereocenters. The molecule has 0 atom stereocenters. The first-order chi connectivity index (χ1) is 8.57. The van der Waals surface area contributed by atoms with Crippen LogP contribution in [0, 0.1) is 13.8 Å². The molecule has 116 valence electrons. The number of sulfonamides is 1. The van der Waals surface area contributed by atoms with Gasteiger partial charge in [-0.3, -0.25) is 0 Å². The van der Waals surface area contributed by atoms with Crippen molar-refractivity contribution in [1.82, 2.24) is 4.72 Å². The van der Waals surface area contributed by atoms with E-state index in [2.05, 4.69) is 4.72 Å². The molecule has 3 N–H and O–H groups in total. The zero-order valence-electron chi connectivity index (χ0n) is 12.5. The third-order valence-corrected chi connectivity index (χ3v) is 4.18. The van der Waals surface area contributed by atoms with Crippen LogP contribution in [0.15, 0.2) is 17.0 Å². The fourth-order valence-electron chi connectivity index (χ4n) is 1.76. The minimum absolute atomic E-state index is 0. The SMILES string of the molecule is COc1cc(C)cc(C)c1S(=O)(=O)NCC(C)(C)N.Cl. The van der Waals surface area contributed by atoms with Gasteiger partial charge in [0.15, 0.2) is 0 Å². The zero-order valence-corrected chi connectivity index (χ0v) is 14.1. The molecule has 1 aromatic carbocycles. The van der Waals surface area contributed by atoms with E-state index in [0.717, 1.165) is 5.56 Å². The molecule has 0 bridgehead atoms. The number of nitrogens with two attached hydrogens (primary N) is 1. The van der Waals surface area contributed by atoms with Crippen molar-refractivity contribution in [2.24, 2.45) is 5.73 Å². The van der Waals surface area contributed by atoms with Crippen LogP contribution >= 0.6 is 12.4 Å². The second-order valence-electron chi connectivity index (χ2n) is 5.43. The molecule has 1 rings (SSSR count). The minimum Gasteiger partial charge on any atom is -0.495 e. The van der Waals surface area contributed by atoms with Crippen LogP contribution in [0.5, 0.6) is 5.75 Å². The van der Waals surface area contributed by atoms with E-state index in [4.69, 9.17) is 10.5 Å². The van der Waals surface area contributed by atoms with E-state index in [1.807, 2.05) is 13.0 Å². The molecule has 1 aromatic rings. The highest BCUT2D eigenvalue weighted by atomic mass is 35.5. The van der Waals surface area contributed by atoms with E-state index in [0.29, 0.717) is 11.3 Å². The van der Waals surface area contributed by atoms with E-state index in [-0.39, 0.29) is 23.8 Å². The average Bonchev–Trinajstić information content (AvgIpc) is 2.24. The molecule has 0 aliphatic heterocycles. The normalized spacial score (nSPS) is 11.9. The van der Waals surface area contributed by atoms with Crippen LogP contribution in [-0.2, 0) is 10.0 Å². The third-order valence-electron chi connectivity index (χ3n) is 2.59. The van der Waals surface area contributed by atoms with Crippen molar-refractivity contribution in [3.05, 3.63) is 23.3 Å². The number of ether oxygens (including phenoxy) is 1. The smallest absolute Gasteiger partial charge is 0.244 e. The van der Waals surface area contributed by atoms with Gasteiger partial charge in [0.2, 0.25) is 10.0 Å². The molecule has 0 amide bonds. The number of nitrogens with one attached hydrogen (secondary N) is 1. The number of hydrogen-bond donors (Lipinski definition) is 2. The summed E-state index contributed by atoms with van der Waals surface area (Å²) in [6.07, 6.45) is 0. The van der Waals surface area contributed by atoms with Gasteiger partial charge in [0.1, 0.15) is 10.6 Å². The first-order valence-corrected chi connectivity index (χ1v) is 7.49. The topological polar surface area (TPSA) is 81.4 Å². The van der Waals surface area contributed by atoms with Crippen molar-refractivity contribution in [2.75, 3.05) is 13.7 Å². The summed E-state index contributed by atoms with van der Waals surface area (Å²) < 4.78 is 32.4. The van der Waals surface area contributed by atoms with Gasteiger partial charge in [-0.1, -0.05) is 6.07 Å². The molecule has 7 heteroatoms. The molecule has 0 fully saturated rings. The predicted molar refractivity (Wildman–Crippen MR) is 83.2 cm³/mol. The predicted octanol–water partition coefficient (Wildman–Crippen LogP) is 1.75. The van der Waals surface area contributed by atoms with Gasteiger partial charge in [0.25, 0.3) is 0 Å². The second-order valence-corrected chi connectivity index (χ2v) is 7.13. The van der Waals surface area contributed by atoms with Crippen LogP contribution in [0.1, 0.15) is 25.0 Å². The Morgan fingerprint density at radius 2 is 1.85 bits per heavy atom. The Balaban J connectivity index is 0.00000361. The molecule has 0 aliphatic carbocycles. The molecule has 0 saturated carbocycles. The van der Waals surface area contributed by atoms with Crippen LogP contribution in [-0.4, -0.2) is 27.6 Å². The van der Waals surface area contributed by atoms with Crippen LogP contribution < -0.4 is 15.2 Å². The van der Waals surface area contributed by atoms with Crippen LogP contribution in [0.25, 0.3) is 0 Å². The highest BCUT2D eigenvalue weighted by Gasteiger charge is 2.24. The quantitative estimate of drug-likeness (QED) is 0.865. The highest BCUT2D eigenvalue weighted by molar-refractivity contribution is 7.89. The number of methoxy groups -OCH3 is 1. The van der Waals surface area contributed by atoms with E-state index in [9.17, 15) is 8.42 Å². The van der Waals surface area contributed by atoms with Crippen molar-refractivity contribution in [1.29, 1.82) is 0 Å². The number of benzene rings is 1. The maximum Gasteiger partial charge on any atom is 0.244 e. The Morgan fingerprint density at radius 1 is 1.30 bits per heavy atom. The van der Waals surface area contributed by atoms with Gasteiger partial charge >= 0.3 is 0 Å². The Labute approximate surface area is 127 Å². The summed E-state index contributed by atoms with van der Waals surface area (Å²) in [6.45, 7) is 7.31. The summed E-state index contributed by atoms with van der Waals surface area (Å²) in [6, 6.07) is 3.51. The summed E-state index contributed by atoms with van der Waals surface area (Å²) in [5.74, 6) is 0.347. The molecule has 0 saturated heterocycles. The third kappa shape index (κ3) is 4.94. The largest absolute Gasteiger partial charge is 0.495 e. The number of aryl methyl sites for hydroxylation is 2. The van der Waals surface area contributed by atoms with E-state index in [1.165, 1.54) is 7.11 Å². The fraction of sp³-hybridized carbons (Fsp3) is 0.538. The van der Waals surface area contributed by atoms with Crippen molar-refractivity contribution < 1.29 is 13.2 Å². The Morgan fingerprint density at radius 3 is 2.30 bits per heavy atom. The lowest BCUT2D eigenvalue weighted by molar-refractivity contribution is 0.400. The fourth-order valence-corrected chi connectivity index (χ4v) is 3.36. The summed E-state index contributed by atoms with van der Waals surface area (Å²) in [4.78, 5) is 0.171. The van der Waals surface area contributed by atoms with Crippen molar-refractivity contribution in [3.8, 4) is 5.75 Å². The second kappa shape index (κ2) is 6.76. The lowest BCUT2D eigenvalue weighted by Crippen LogP contribution is -2.45. The summed E-state index contributed by atoms with van der Waals surface area (Å²) in [5, 5.41) is 0. The molecular formula is C13H23ClN2O3S. The van der Waals surface area contributed by atoms with Gasteiger partial charge in [-0.15, -0.1) is 12.4 Å². The van der Waals surface area contributed by atoms with E-state index < -0.39 is 15.6 Å². The van der Waals surface area contributed by atoms with Crippen LogP contribution in [0.4, 0.5) is 0 Å². The van der Waals surface area contributed by atoms with Gasteiger partial charge in [0, 0.05) is 12.1 Å². The van der Waals surface area contributed by atoms with Crippen LogP contribution in [0.2, 0.25) is 0 Å². The minimum atomic E-state index is -3.64. The number of halogens is 1. The zero-order chi connectivity index (χ0) is 14.8. The molecule has 0 radical (unpaired) electrons. The first-order valence-electron chi connectivity index (χ1n) is 6.00. The monoisotopic (exact) mass is 322 g/mol.